The monoisotopic (exact) mass is 450 g/mol. The number of benzene rings is 2. The number of ether oxygens (including phenoxy) is 2. The topological polar surface area (TPSA) is 60.5 Å². The van der Waals surface area contributed by atoms with Crippen LogP contribution >= 0.6 is 11.3 Å². The van der Waals surface area contributed by atoms with Gasteiger partial charge in [0.05, 0.1) is 31.0 Å². The van der Waals surface area contributed by atoms with Gasteiger partial charge in [0.25, 0.3) is 5.91 Å². The molecule has 5 nitrogen and oxygen atoms in total. The predicted octanol–water partition coefficient (Wildman–Crippen LogP) is 5.89. The van der Waals surface area contributed by atoms with Crippen molar-refractivity contribution >= 4 is 28.9 Å². The van der Waals surface area contributed by atoms with Crippen LogP contribution in [0.1, 0.15) is 48.0 Å². The summed E-state index contributed by atoms with van der Waals surface area (Å²) in [5, 5.41) is 5.94. The molecule has 168 valence electrons. The minimum atomic E-state index is -0.152. The molecule has 0 fully saturated rings. The van der Waals surface area contributed by atoms with Gasteiger partial charge in [0, 0.05) is 11.0 Å². The van der Waals surface area contributed by atoms with Crippen molar-refractivity contribution in [3.63, 3.8) is 0 Å². The second-order valence-electron chi connectivity index (χ2n) is 7.43. The zero-order valence-corrected chi connectivity index (χ0v) is 19.7. The number of thiazole rings is 1. The predicted molar refractivity (Wildman–Crippen MR) is 131 cm³/mol. The largest absolute Gasteiger partial charge is 0.493 e. The van der Waals surface area contributed by atoms with Gasteiger partial charge in [-0.15, -0.1) is 11.3 Å². The number of carbonyl (C=O) groups is 1. The molecule has 1 heterocycles. The Morgan fingerprint density at radius 3 is 2.62 bits per heavy atom. The standard InChI is InChI=1S/C26H30N2O3S/c1-4-5-9-14-31-24-13-12-20(16-25(24)30-3)15-23(21-10-7-6-8-11-21)26(29)27-17-22-18-32-19(2)28-22/h6-8,10-13,15-16,18H,4-5,9,14,17H2,1-3H3,(H,27,29)/b23-15+. The highest BCUT2D eigenvalue weighted by Gasteiger charge is 2.14. The van der Waals surface area contributed by atoms with Crippen LogP contribution in [0, 0.1) is 6.92 Å². The molecule has 1 N–H and O–H groups in total. The second kappa shape index (κ2) is 12.1. The lowest BCUT2D eigenvalue weighted by molar-refractivity contribution is -0.115. The molecule has 0 aliphatic rings. The summed E-state index contributed by atoms with van der Waals surface area (Å²) >= 11 is 1.57. The fourth-order valence-electron chi connectivity index (χ4n) is 3.25. The highest BCUT2D eigenvalue weighted by Crippen LogP contribution is 2.30. The lowest BCUT2D eigenvalue weighted by Crippen LogP contribution is -2.24. The van der Waals surface area contributed by atoms with E-state index in [4.69, 9.17) is 9.47 Å². The Hall–Kier alpha value is -3.12. The van der Waals surface area contributed by atoms with Gasteiger partial charge in [0.1, 0.15) is 0 Å². The number of nitrogens with one attached hydrogen (secondary N) is 1. The molecule has 0 aliphatic carbocycles. The maximum absolute atomic E-state index is 13.1. The Balaban J connectivity index is 1.82. The molecule has 32 heavy (non-hydrogen) atoms. The Morgan fingerprint density at radius 2 is 1.94 bits per heavy atom. The van der Waals surface area contributed by atoms with E-state index < -0.39 is 0 Å². The smallest absolute Gasteiger partial charge is 0.252 e. The van der Waals surface area contributed by atoms with Crippen LogP contribution in [0.4, 0.5) is 0 Å². The van der Waals surface area contributed by atoms with Gasteiger partial charge in [-0.25, -0.2) is 4.98 Å². The summed E-state index contributed by atoms with van der Waals surface area (Å²) in [5.41, 5.74) is 3.15. The van der Waals surface area contributed by atoms with Crippen LogP contribution in [0.25, 0.3) is 11.6 Å². The molecular weight excluding hydrogens is 420 g/mol. The first kappa shape index (κ1) is 23.5. The second-order valence-corrected chi connectivity index (χ2v) is 8.49. The number of amides is 1. The first-order valence-electron chi connectivity index (χ1n) is 10.9. The molecule has 0 atom stereocenters. The minimum Gasteiger partial charge on any atom is -0.493 e. The Bertz CT molecular complexity index is 1040. The van der Waals surface area contributed by atoms with E-state index >= 15 is 0 Å². The number of hydrogen-bond acceptors (Lipinski definition) is 5. The average molecular weight is 451 g/mol. The van der Waals surface area contributed by atoms with Crippen LogP contribution in [0.5, 0.6) is 11.5 Å². The molecule has 6 heteroatoms. The van der Waals surface area contributed by atoms with Crippen LogP contribution in [0.2, 0.25) is 0 Å². The molecule has 0 saturated heterocycles. The number of methoxy groups -OCH3 is 1. The summed E-state index contributed by atoms with van der Waals surface area (Å²) in [6, 6.07) is 15.4. The molecular formula is C26H30N2O3S. The van der Waals surface area contributed by atoms with Gasteiger partial charge in [-0.3, -0.25) is 4.79 Å². The lowest BCUT2D eigenvalue weighted by atomic mass is 10.0. The van der Waals surface area contributed by atoms with Crippen LogP contribution in [-0.4, -0.2) is 24.6 Å². The van der Waals surface area contributed by atoms with Gasteiger partial charge < -0.3 is 14.8 Å². The third-order valence-electron chi connectivity index (χ3n) is 4.93. The summed E-state index contributed by atoms with van der Waals surface area (Å²) in [5.74, 6) is 1.21. The summed E-state index contributed by atoms with van der Waals surface area (Å²) in [6.07, 6.45) is 5.17. The molecule has 0 unspecified atom stereocenters. The van der Waals surface area contributed by atoms with Crippen molar-refractivity contribution in [2.75, 3.05) is 13.7 Å². The van der Waals surface area contributed by atoms with E-state index in [9.17, 15) is 4.79 Å². The fraction of sp³-hybridized carbons (Fsp3) is 0.308. The lowest BCUT2D eigenvalue weighted by Gasteiger charge is -2.12. The number of aryl methyl sites for hydroxylation is 1. The van der Waals surface area contributed by atoms with Crippen molar-refractivity contribution in [2.24, 2.45) is 0 Å². The Labute approximate surface area is 194 Å². The molecule has 0 radical (unpaired) electrons. The SMILES string of the molecule is CCCCCOc1ccc(/C=C(/C(=O)NCc2csc(C)n2)c2ccccc2)cc1OC. The van der Waals surface area contributed by atoms with Crippen molar-refractivity contribution in [3.05, 3.63) is 75.7 Å². The van der Waals surface area contributed by atoms with E-state index in [1.165, 1.54) is 0 Å². The summed E-state index contributed by atoms with van der Waals surface area (Å²) in [4.78, 5) is 17.5. The third-order valence-corrected chi connectivity index (χ3v) is 5.75. The molecule has 0 saturated carbocycles. The average Bonchev–Trinajstić information content (AvgIpc) is 3.24. The normalized spacial score (nSPS) is 11.3. The molecule has 3 aromatic rings. The highest BCUT2D eigenvalue weighted by molar-refractivity contribution is 7.09. The van der Waals surface area contributed by atoms with E-state index in [1.54, 1.807) is 18.4 Å². The molecule has 1 amide bonds. The van der Waals surface area contributed by atoms with E-state index in [0.29, 0.717) is 30.2 Å². The zero-order chi connectivity index (χ0) is 22.8. The summed E-state index contributed by atoms with van der Waals surface area (Å²) < 4.78 is 11.4. The number of unbranched alkanes of at least 4 members (excludes halogenated alkanes) is 2. The maximum Gasteiger partial charge on any atom is 0.252 e. The molecule has 1 aromatic heterocycles. The highest BCUT2D eigenvalue weighted by atomic mass is 32.1. The van der Waals surface area contributed by atoms with E-state index in [2.05, 4.69) is 17.2 Å². The number of rotatable bonds is 11. The Kier molecular flexibility index (Phi) is 8.87. The summed E-state index contributed by atoms with van der Waals surface area (Å²) in [6.45, 7) is 5.17. The van der Waals surface area contributed by atoms with Crippen molar-refractivity contribution in [1.29, 1.82) is 0 Å². The van der Waals surface area contributed by atoms with Crippen molar-refractivity contribution in [1.82, 2.24) is 10.3 Å². The van der Waals surface area contributed by atoms with Gasteiger partial charge >= 0.3 is 0 Å². The first-order chi connectivity index (χ1) is 15.6. The van der Waals surface area contributed by atoms with E-state index in [0.717, 1.165) is 41.1 Å². The van der Waals surface area contributed by atoms with Crippen LogP contribution in [0.3, 0.4) is 0 Å². The van der Waals surface area contributed by atoms with Crippen LogP contribution in [0.15, 0.2) is 53.9 Å². The third kappa shape index (κ3) is 6.69. The number of carbonyl (C=O) groups excluding carboxylic acids is 1. The molecule has 0 bridgehead atoms. The van der Waals surface area contributed by atoms with Crippen molar-refractivity contribution in [2.45, 2.75) is 39.7 Å². The Morgan fingerprint density at radius 1 is 1.12 bits per heavy atom. The van der Waals surface area contributed by atoms with Gasteiger partial charge in [0.15, 0.2) is 11.5 Å². The number of aromatic nitrogens is 1. The van der Waals surface area contributed by atoms with Gasteiger partial charge in [-0.2, -0.15) is 0 Å². The maximum atomic E-state index is 13.1. The number of nitrogens with zero attached hydrogens (tertiary/aromatic N) is 1. The van der Waals surface area contributed by atoms with Gasteiger partial charge in [-0.1, -0.05) is 56.2 Å². The van der Waals surface area contributed by atoms with Gasteiger partial charge in [-0.05, 0) is 42.7 Å². The van der Waals surface area contributed by atoms with Crippen molar-refractivity contribution in [3.8, 4) is 11.5 Å². The quantitative estimate of drug-likeness (QED) is 0.225. The van der Waals surface area contributed by atoms with E-state index in [1.807, 2.05) is 66.9 Å². The molecule has 2 aromatic carbocycles. The minimum absolute atomic E-state index is 0.152. The zero-order valence-electron chi connectivity index (χ0n) is 18.9. The molecule has 0 spiro atoms. The molecule has 3 rings (SSSR count). The van der Waals surface area contributed by atoms with Crippen LogP contribution < -0.4 is 14.8 Å². The molecule has 0 aliphatic heterocycles. The van der Waals surface area contributed by atoms with Crippen LogP contribution in [-0.2, 0) is 11.3 Å². The van der Waals surface area contributed by atoms with E-state index in [-0.39, 0.29) is 5.91 Å². The fourth-order valence-corrected chi connectivity index (χ4v) is 3.86. The number of hydrogen-bond donors (Lipinski definition) is 1. The van der Waals surface area contributed by atoms with Gasteiger partial charge in [0.2, 0.25) is 0 Å². The van der Waals surface area contributed by atoms with Crippen molar-refractivity contribution < 1.29 is 14.3 Å². The summed E-state index contributed by atoms with van der Waals surface area (Å²) in [7, 11) is 1.63. The first-order valence-corrected chi connectivity index (χ1v) is 11.8.